The molecule has 122 valence electrons. The quantitative estimate of drug-likeness (QED) is 0.785. The summed E-state index contributed by atoms with van der Waals surface area (Å²) in [7, 11) is 0. The van der Waals surface area contributed by atoms with Gasteiger partial charge in [0.25, 0.3) is 0 Å². The first-order valence-corrected chi connectivity index (χ1v) is 9.00. The molecular weight excluding hydrogens is 298 g/mol. The maximum atomic E-state index is 12.3. The van der Waals surface area contributed by atoms with Crippen LogP contribution in [0.5, 0.6) is 0 Å². The second kappa shape index (κ2) is 7.77. The van der Waals surface area contributed by atoms with Crippen LogP contribution in [0.2, 0.25) is 0 Å². The maximum Gasteiger partial charge on any atom is 0.341 e. The number of ether oxygens (including phenoxy) is 1. The summed E-state index contributed by atoms with van der Waals surface area (Å²) in [5.41, 5.74) is 1.71. The van der Waals surface area contributed by atoms with Crippen LogP contribution in [0, 0.1) is 0 Å². The Morgan fingerprint density at radius 3 is 2.77 bits per heavy atom. The molecule has 22 heavy (non-hydrogen) atoms. The summed E-state index contributed by atoms with van der Waals surface area (Å²) >= 11 is 1.57. The van der Waals surface area contributed by atoms with E-state index < -0.39 is 0 Å². The zero-order chi connectivity index (χ0) is 16.1. The van der Waals surface area contributed by atoms with Crippen LogP contribution in [0.3, 0.4) is 0 Å². The molecule has 1 unspecified atom stereocenters. The third kappa shape index (κ3) is 3.69. The lowest BCUT2D eigenvalue weighted by molar-refractivity contribution is -0.114. The lowest BCUT2D eigenvalue weighted by Crippen LogP contribution is -2.14. The molecule has 0 bridgehead atoms. The number of thiophene rings is 1. The summed E-state index contributed by atoms with van der Waals surface area (Å²) in [6.07, 6.45) is 6.72. The summed E-state index contributed by atoms with van der Waals surface area (Å²) in [4.78, 5) is 25.1. The molecule has 1 aliphatic rings. The summed E-state index contributed by atoms with van der Waals surface area (Å²) in [5.74, 6) is 0.0681. The molecule has 1 aromatic heterocycles. The smallest absolute Gasteiger partial charge is 0.341 e. The van der Waals surface area contributed by atoms with Crippen molar-refractivity contribution < 1.29 is 14.3 Å². The molecule has 1 atom stereocenters. The van der Waals surface area contributed by atoms with Crippen LogP contribution in [0.4, 0.5) is 5.00 Å². The number of nitrogens with one attached hydrogen (secondary N) is 1. The van der Waals surface area contributed by atoms with Crippen molar-refractivity contribution in [3.8, 4) is 0 Å². The van der Waals surface area contributed by atoms with Crippen molar-refractivity contribution in [2.24, 2.45) is 0 Å². The molecule has 0 spiro atoms. The molecule has 0 aromatic carbocycles. The minimum atomic E-state index is -0.306. The van der Waals surface area contributed by atoms with Gasteiger partial charge in [0.05, 0.1) is 12.2 Å². The minimum Gasteiger partial charge on any atom is -0.462 e. The molecule has 4 nitrogen and oxygen atoms in total. The molecule has 0 aliphatic heterocycles. The fourth-order valence-electron chi connectivity index (χ4n) is 3.11. The Morgan fingerprint density at radius 2 is 2.14 bits per heavy atom. The Kier molecular flexibility index (Phi) is 6.00. The topological polar surface area (TPSA) is 55.4 Å². The van der Waals surface area contributed by atoms with Gasteiger partial charge in [0.15, 0.2) is 0 Å². The van der Waals surface area contributed by atoms with E-state index in [2.05, 4.69) is 12.2 Å². The number of hydrogen-bond donors (Lipinski definition) is 1. The van der Waals surface area contributed by atoms with E-state index in [4.69, 9.17) is 4.74 Å². The van der Waals surface area contributed by atoms with Crippen molar-refractivity contribution in [2.45, 2.75) is 65.2 Å². The average molecular weight is 323 g/mol. The van der Waals surface area contributed by atoms with Gasteiger partial charge in [-0.3, -0.25) is 4.79 Å². The van der Waals surface area contributed by atoms with Crippen molar-refractivity contribution in [1.29, 1.82) is 0 Å². The average Bonchev–Trinajstić information content (AvgIpc) is 2.82. The van der Waals surface area contributed by atoms with E-state index in [1.165, 1.54) is 31.1 Å². The van der Waals surface area contributed by atoms with Crippen LogP contribution in [0.25, 0.3) is 0 Å². The number of rotatable bonds is 6. The first-order chi connectivity index (χ1) is 10.6. The molecule has 0 radical (unpaired) electrons. The van der Waals surface area contributed by atoms with Crippen LogP contribution < -0.4 is 5.32 Å². The van der Waals surface area contributed by atoms with Gasteiger partial charge in [0, 0.05) is 11.8 Å². The lowest BCUT2D eigenvalue weighted by atomic mass is 9.84. The Hall–Kier alpha value is -1.36. The van der Waals surface area contributed by atoms with Gasteiger partial charge in [-0.25, -0.2) is 4.79 Å². The summed E-state index contributed by atoms with van der Waals surface area (Å²) in [6.45, 7) is 5.83. The highest BCUT2D eigenvalue weighted by atomic mass is 32.1. The molecule has 5 heteroatoms. The number of esters is 1. The Balaban J connectivity index is 2.39. The van der Waals surface area contributed by atoms with Crippen molar-refractivity contribution in [3.63, 3.8) is 0 Å². The van der Waals surface area contributed by atoms with Crippen molar-refractivity contribution in [3.05, 3.63) is 16.0 Å². The van der Waals surface area contributed by atoms with Crippen LogP contribution >= 0.6 is 11.3 Å². The molecule has 1 amide bonds. The van der Waals surface area contributed by atoms with Gasteiger partial charge in [0.1, 0.15) is 5.00 Å². The molecule has 1 aromatic rings. The molecule has 1 N–H and O–H groups in total. The largest absolute Gasteiger partial charge is 0.462 e. The van der Waals surface area contributed by atoms with E-state index in [-0.39, 0.29) is 11.9 Å². The highest BCUT2D eigenvalue weighted by molar-refractivity contribution is 7.17. The van der Waals surface area contributed by atoms with Crippen molar-refractivity contribution in [2.75, 3.05) is 11.9 Å². The molecule has 1 heterocycles. The summed E-state index contributed by atoms with van der Waals surface area (Å²) < 4.78 is 5.21. The number of fused-ring (bicyclic) bond motifs is 1. The Morgan fingerprint density at radius 1 is 1.36 bits per heavy atom. The van der Waals surface area contributed by atoms with Gasteiger partial charge in [-0.2, -0.15) is 0 Å². The second-order valence-electron chi connectivity index (χ2n) is 5.78. The van der Waals surface area contributed by atoms with Crippen LogP contribution in [0.1, 0.15) is 79.6 Å². The molecule has 0 fully saturated rings. The third-order valence-electron chi connectivity index (χ3n) is 4.06. The fourth-order valence-corrected chi connectivity index (χ4v) is 4.56. The predicted molar refractivity (Wildman–Crippen MR) is 89.8 cm³/mol. The minimum absolute atomic E-state index is 0.144. The van der Waals surface area contributed by atoms with Gasteiger partial charge in [-0.1, -0.05) is 19.8 Å². The number of amides is 1. The maximum absolute atomic E-state index is 12.3. The van der Waals surface area contributed by atoms with Gasteiger partial charge < -0.3 is 10.1 Å². The second-order valence-corrected chi connectivity index (χ2v) is 6.83. The lowest BCUT2D eigenvalue weighted by Gasteiger charge is -2.22. The first kappa shape index (κ1) is 17.0. The number of anilines is 1. The van der Waals surface area contributed by atoms with Gasteiger partial charge in [-0.15, -0.1) is 11.3 Å². The van der Waals surface area contributed by atoms with Crippen LogP contribution in [-0.2, 0) is 16.0 Å². The van der Waals surface area contributed by atoms with Gasteiger partial charge in [0.2, 0.25) is 5.91 Å². The summed E-state index contributed by atoms with van der Waals surface area (Å²) in [6, 6.07) is 0. The molecule has 1 aliphatic carbocycles. The number of unbranched alkanes of at least 4 members (excludes halogenated alkanes) is 1. The van der Waals surface area contributed by atoms with E-state index in [0.29, 0.717) is 23.1 Å². The monoisotopic (exact) mass is 323 g/mol. The molecule has 0 saturated heterocycles. The number of carbonyl (C=O) groups is 2. The number of carbonyl (C=O) groups excluding carboxylic acids is 2. The highest BCUT2D eigenvalue weighted by Crippen LogP contribution is 2.45. The number of hydrogen-bond acceptors (Lipinski definition) is 4. The van der Waals surface area contributed by atoms with Crippen LogP contribution in [-0.4, -0.2) is 18.5 Å². The highest BCUT2D eigenvalue weighted by Gasteiger charge is 2.31. The van der Waals surface area contributed by atoms with Crippen molar-refractivity contribution in [1.82, 2.24) is 0 Å². The Bertz CT molecular complexity index is 550. The fraction of sp³-hybridized carbons (Fsp3) is 0.647. The zero-order valence-electron chi connectivity index (χ0n) is 13.7. The van der Waals surface area contributed by atoms with Crippen LogP contribution in [0.15, 0.2) is 0 Å². The van der Waals surface area contributed by atoms with E-state index in [1.54, 1.807) is 18.3 Å². The predicted octanol–water partition coefficient (Wildman–Crippen LogP) is 4.49. The molecule has 2 rings (SSSR count). The van der Waals surface area contributed by atoms with E-state index in [1.807, 2.05) is 0 Å². The SMILES string of the molecule is CCCCC1CCCc2c1sc(NC(C)=O)c2C(=O)OCC. The standard InChI is InChI=1S/C17H25NO3S/c1-4-6-8-12-9-7-10-13-14(17(20)21-5-2)16(18-11(3)19)22-15(12)13/h12H,4-10H2,1-3H3,(H,18,19). The van der Waals surface area contributed by atoms with Gasteiger partial charge in [-0.05, 0) is 44.1 Å². The van der Waals surface area contributed by atoms with E-state index in [0.717, 1.165) is 24.8 Å². The first-order valence-electron chi connectivity index (χ1n) is 8.18. The third-order valence-corrected chi connectivity index (χ3v) is 5.37. The summed E-state index contributed by atoms with van der Waals surface area (Å²) in [5, 5.41) is 3.49. The van der Waals surface area contributed by atoms with Gasteiger partial charge >= 0.3 is 5.97 Å². The zero-order valence-corrected chi connectivity index (χ0v) is 14.5. The Labute approximate surface area is 136 Å². The van der Waals surface area contributed by atoms with E-state index in [9.17, 15) is 9.59 Å². The normalized spacial score (nSPS) is 17.0. The molecular formula is C17H25NO3S. The van der Waals surface area contributed by atoms with Crippen molar-refractivity contribution >= 4 is 28.2 Å². The molecule has 0 saturated carbocycles. The van der Waals surface area contributed by atoms with E-state index >= 15 is 0 Å².